The number of nitrogens with two attached hydrogens (primary N) is 1. The van der Waals surface area contributed by atoms with E-state index in [1.165, 1.54) is 17.5 Å². The van der Waals surface area contributed by atoms with Gasteiger partial charge in [-0.2, -0.15) is 0 Å². The monoisotopic (exact) mass is 205 g/mol. The van der Waals surface area contributed by atoms with Crippen LogP contribution in [0.15, 0.2) is 24.3 Å². The molecule has 0 bridgehead atoms. The molecule has 0 aliphatic carbocycles. The summed E-state index contributed by atoms with van der Waals surface area (Å²) < 4.78 is 5.40. The van der Waals surface area contributed by atoms with Gasteiger partial charge in [-0.05, 0) is 42.9 Å². The third kappa shape index (κ3) is 2.80. The number of benzene rings is 1. The predicted molar refractivity (Wildman–Crippen MR) is 61.8 cm³/mol. The third-order valence-corrected chi connectivity index (χ3v) is 3.06. The van der Waals surface area contributed by atoms with Crippen LogP contribution in [-0.2, 0) is 17.6 Å². The summed E-state index contributed by atoms with van der Waals surface area (Å²) in [6, 6.07) is 8.63. The van der Waals surface area contributed by atoms with Crippen LogP contribution < -0.4 is 5.73 Å². The summed E-state index contributed by atoms with van der Waals surface area (Å²) in [5, 5.41) is 0. The summed E-state index contributed by atoms with van der Waals surface area (Å²) in [7, 11) is 0. The molecule has 1 aromatic carbocycles. The zero-order valence-corrected chi connectivity index (χ0v) is 9.11. The highest BCUT2D eigenvalue weighted by atomic mass is 16.5. The molecular weight excluding hydrogens is 186 g/mol. The first-order valence-electron chi connectivity index (χ1n) is 5.74. The van der Waals surface area contributed by atoms with Crippen molar-refractivity contribution in [1.29, 1.82) is 0 Å². The van der Waals surface area contributed by atoms with Crippen molar-refractivity contribution >= 4 is 0 Å². The minimum absolute atomic E-state index is 0.712. The molecule has 0 saturated carbocycles. The molecule has 0 spiro atoms. The SMILES string of the molecule is NCCc1ccccc1CC1CCOC1. The molecule has 1 atom stereocenters. The molecule has 2 rings (SSSR count). The molecule has 2 heteroatoms. The molecule has 0 aromatic heterocycles. The van der Waals surface area contributed by atoms with Gasteiger partial charge < -0.3 is 10.5 Å². The molecule has 1 saturated heterocycles. The molecule has 2 N–H and O–H groups in total. The Hall–Kier alpha value is -0.860. The highest BCUT2D eigenvalue weighted by Gasteiger charge is 2.16. The molecule has 0 radical (unpaired) electrons. The predicted octanol–water partition coefficient (Wildman–Crippen LogP) is 1.77. The number of ether oxygens (including phenoxy) is 1. The van der Waals surface area contributed by atoms with E-state index in [0.29, 0.717) is 5.92 Å². The van der Waals surface area contributed by atoms with E-state index in [0.717, 1.165) is 32.6 Å². The molecular formula is C13H19NO. The van der Waals surface area contributed by atoms with Crippen LogP contribution in [0.2, 0.25) is 0 Å². The van der Waals surface area contributed by atoms with Gasteiger partial charge in [0.05, 0.1) is 0 Å². The Balaban J connectivity index is 2.05. The summed E-state index contributed by atoms with van der Waals surface area (Å²) in [5.41, 5.74) is 8.48. The Morgan fingerprint density at radius 2 is 2.07 bits per heavy atom. The Morgan fingerprint density at radius 3 is 2.73 bits per heavy atom. The summed E-state index contributed by atoms with van der Waals surface area (Å²) in [5.74, 6) is 0.712. The molecule has 82 valence electrons. The van der Waals surface area contributed by atoms with Gasteiger partial charge in [-0.25, -0.2) is 0 Å². The van der Waals surface area contributed by atoms with Crippen LogP contribution in [0.25, 0.3) is 0 Å². The van der Waals surface area contributed by atoms with E-state index >= 15 is 0 Å². The topological polar surface area (TPSA) is 35.2 Å². The first-order chi connectivity index (χ1) is 7.40. The third-order valence-electron chi connectivity index (χ3n) is 3.06. The second-order valence-corrected chi connectivity index (χ2v) is 4.24. The maximum Gasteiger partial charge on any atom is 0.0498 e. The smallest absolute Gasteiger partial charge is 0.0498 e. The molecule has 1 unspecified atom stereocenters. The Morgan fingerprint density at radius 1 is 1.27 bits per heavy atom. The fourth-order valence-electron chi connectivity index (χ4n) is 2.21. The largest absolute Gasteiger partial charge is 0.381 e. The van der Waals surface area contributed by atoms with Crippen molar-refractivity contribution in [3.63, 3.8) is 0 Å². The summed E-state index contributed by atoms with van der Waals surface area (Å²) in [4.78, 5) is 0. The first kappa shape index (κ1) is 10.7. The van der Waals surface area contributed by atoms with E-state index in [1.807, 2.05) is 0 Å². The lowest BCUT2D eigenvalue weighted by Crippen LogP contribution is -2.09. The van der Waals surface area contributed by atoms with Crippen molar-refractivity contribution in [2.75, 3.05) is 19.8 Å². The molecule has 1 aromatic rings. The zero-order chi connectivity index (χ0) is 10.5. The molecule has 15 heavy (non-hydrogen) atoms. The summed E-state index contributed by atoms with van der Waals surface area (Å²) in [6.45, 7) is 2.60. The molecule has 1 fully saturated rings. The average molecular weight is 205 g/mol. The standard InChI is InChI=1S/C13H19NO/c14-7-5-12-3-1-2-4-13(12)9-11-6-8-15-10-11/h1-4,11H,5-10,14H2. The van der Waals surface area contributed by atoms with Gasteiger partial charge in [0.25, 0.3) is 0 Å². The molecule has 0 amide bonds. The minimum atomic E-state index is 0.712. The minimum Gasteiger partial charge on any atom is -0.381 e. The maximum absolute atomic E-state index is 5.61. The number of rotatable bonds is 4. The van der Waals surface area contributed by atoms with Crippen molar-refractivity contribution in [3.05, 3.63) is 35.4 Å². The van der Waals surface area contributed by atoms with E-state index < -0.39 is 0 Å². The van der Waals surface area contributed by atoms with Gasteiger partial charge in [0, 0.05) is 13.2 Å². The lowest BCUT2D eigenvalue weighted by Gasteiger charge is -2.11. The van der Waals surface area contributed by atoms with Gasteiger partial charge in [-0.1, -0.05) is 24.3 Å². The van der Waals surface area contributed by atoms with Crippen molar-refractivity contribution in [2.45, 2.75) is 19.3 Å². The van der Waals surface area contributed by atoms with Crippen molar-refractivity contribution in [3.8, 4) is 0 Å². The van der Waals surface area contributed by atoms with E-state index in [4.69, 9.17) is 10.5 Å². The molecule has 1 aliphatic heterocycles. The quantitative estimate of drug-likeness (QED) is 0.813. The Kier molecular flexibility index (Phi) is 3.75. The van der Waals surface area contributed by atoms with Crippen LogP contribution in [0.3, 0.4) is 0 Å². The van der Waals surface area contributed by atoms with E-state index in [2.05, 4.69) is 24.3 Å². The van der Waals surface area contributed by atoms with Crippen LogP contribution in [0, 0.1) is 5.92 Å². The van der Waals surface area contributed by atoms with Gasteiger partial charge >= 0.3 is 0 Å². The summed E-state index contributed by atoms with van der Waals surface area (Å²) in [6.07, 6.45) is 3.34. The van der Waals surface area contributed by atoms with E-state index in [9.17, 15) is 0 Å². The lowest BCUT2D eigenvalue weighted by molar-refractivity contribution is 0.186. The highest BCUT2D eigenvalue weighted by Crippen LogP contribution is 2.20. The van der Waals surface area contributed by atoms with Crippen LogP contribution in [0.4, 0.5) is 0 Å². The molecule has 1 heterocycles. The fraction of sp³-hybridized carbons (Fsp3) is 0.538. The van der Waals surface area contributed by atoms with Crippen LogP contribution in [-0.4, -0.2) is 19.8 Å². The zero-order valence-electron chi connectivity index (χ0n) is 9.11. The summed E-state index contributed by atoms with van der Waals surface area (Å²) >= 11 is 0. The van der Waals surface area contributed by atoms with E-state index in [1.54, 1.807) is 0 Å². The van der Waals surface area contributed by atoms with Crippen molar-refractivity contribution in [2.24, 2.45) is 11.7 Å². The van der Waals surface area contributed by atoms with Crippen molar-refractivity contribution in [1.82, 2.24) is 0 Å². The highest BCUT2D eigenvalue weighted by molar-refractivity contribution is 5.28. The van der Waals surface area contributed by atoms with Gasteiger partial charge in [0.15, 0.2) is 0 Å². The van der Waals surface area contributed by atoms with Gasteiger partial charge in [0.2, 0.25) is 0 Å². The Bertz CT molecular complexity index is 305. The van der Waals surface area contributed by atoms with Crippen LogP contribution >= 0.6 is 0 Å². The van der Waals surface area contributed by atoms with Gasteiger partial charge in [-0.15, -0.1) is 0 Å². The van der Waals surface area contributed by atoms with Gasteiger partial charge in [-0.3, -0.25) is 0 Å². The molecule has 2 nitrogen and oxygen atoms in total. The molecule has 1 aliphatic rings. The average Bonchev–Trinajstić information content (AvgIpc) is 2.74. The Labute approximate surface area is 91.4 Å². The lowest BCUT2D eigenvalue weighted by atomic mass is 9.94. The number of hydrogen-bond donors (Lipinski definition) is 1. The first-order valence-corrected chi connectivity index (χ1v) is 5.74. The second kappa shape index (κ2) is 5.29. The van der Waals surface area contributed by atoms with Crippen LogP contribution in [0.1, 0.15) is 17.5 Å². The number of hydrogen-bond acceptors (Lipinski definition) is 2. The maximum atomic E-state index is 5.61. The van der Waals surface area contributed by atoms with E-state index in [-0.39, 0.29) is 0 Å². The van der Waals surface area contributed by atoms with Crippen LogP contribution in [0.5, 0.6) is 0 Å². The van der Waals surface area contributed by atoms with Crippen molar-refractivity contribution < 1.29 is 4.74 Å². The normalized spacial score (nSPS) is 20.7. The fourth-order valence-corrected chi connectivity index (χ4v) is 2.21. The second-order valence-electron chi connectivity index (χ2n) is 4.24. The van der Waals surface area contributed by atoms with Gasteiger partial charge in [0.1, 0.15) is 0 Å².